The third kappa shape index (κ3) is 5.09. The Balaban J connectivity index is 2.02. The number of hydrogen-bond donors (Lipinski definition) is 2. The number of hydrogen-bond acceptors (Lipinski definition) is 5. The molecule has 0 saturated carbocycles. The minimum absolute atomic E-state index is 0.220. The molecule has 1 aliphatic rings. The molecule has 1 heterocycles. The van der Waals surface area contributed by atoms with E-state index >= 15 is 0 Å². The SMILES string of the molecule is COc1ccc(O)c(CN2CCN(CC(C)C)C(CCO)C2)c1. The molecule has 1 unspecified atom stereocenters. The fourth-order valence-electron chi connectivity index (χ4n) is 3.29. The quantitative estimate of drug-likeness (QED) is 0.803. The summed E-state index contributed by atoms with van der Waals surface area (Å²) in [5, 5.41) is 19.4. The lowest BCUT2D eigenvalue weighted by atomic mass is 10.0. The fraction of sp³-hybridized carbons (Fsp3) is 0.667. The van der Waals surface area contributed by atoms with Crippen molar-refractivity contribution in [1.29, 1.82) is 0 Å². The number of phenols is 1. The van der Waals surface area contributed by atoms with Gasteiger partial charge in [0, 0.05) is 50.9 Å². The van der Waals surface area contributed by atoms with Crippen molar-refractivity contribution in [2.75, 3.05) is 39.9 Å². The lowest BCUT2D eigenvalue weighted by molar-refractivity contribution is 0.0473. The van der Waals surface area contributed by atoms with Gasteiger partial charge in [0.05, 0.1) is 7.11 Å². The van der Waals surface area contributed by atoms with Crippen LogP contribution in [0.1, 0.15) is 25.8 Å². The number of piperazine rings is 1. The average Bonchev–Trinajstić information content (AvgIpc) is 2.52. The second kappa shape index (κ2) is 8.52. The molecule has 1 aromatic rings. The normalized spacial score (nSPS) is 20.1. The van der Waals surface area contributed by atoms with Crippen LogP contribution in [0.4, 0.5) is 0 Å². The van der Waals surface area contributed by atoms with Crippen LogP contribution in [0.25, 0.3) is 0 Å². The molecule has 0 spiro atoms. The van der Waals surface area contributed by atoms with E-state index in [4.69, 9.17) is 4.74 Å². The third-order valence-electron chi connectivity index (χ3n) is 4.43. The highest BCUT2D eigenvalue weighted by Crippen LogP contribution is 2.25. The predicted molar refractivity (Wildman–Crippen MR) is 91.8 cm³/mol. The van der Waals surface area contributed by atoms with Gasteiger partial charge in [-0.1, -0.05) is 13.8 Å². The molecule has 5 heteroatoms. The van der Waals surface area contributed by atoms with Gasteiger partial charge in [-0.25, -0.2) is 0 Å². The van der Waals surface area contributed by atoms with Gasteiger partial charge in [0.1, 0.15) is 11.5 Å². The van der Waals surface area contributed by atoms with Crippen molar-refractivity contribution in [2.24, 2.45) is 5.92 Å². The van der Waals surface area contributed by atoms with Crippen LogP contribution in [0.3, 0.4) is 0 Å². The number of benzene rings is 1. The molecule has 2 N–H and O–H groups in total. The van der Waals surface area contributed by atoms with Gasteiger partial charge in [-0.15, -0.1) is 0 Å². The smallest absolute Gasteiger partial charge is 0.120 e. The lowest BCUT2D eigenvalue weighted by Crippen LogP contribution is -2.53. The summed E-state index contributed by atoms with van der Waals surface area (Å²) in [5.41, 5.74) is 0.893. The monoisotopic (exact) mass is 322 g/mol. The fourth-order valence-corrected chi connectivity index (χ4v) is 3.29. The second-order valence-corrected chi connectivity index (χ2v) is 6.78. The first kappa shape index (κ1) is 18.0. The first-order valence-electron chi connectivity index (χ1n) is 8.46. The minimum atomic E-state index is 0.220. The summed E-state index contributed by atoms with van der Waals surface area (Å²) < 4.78 is 5.25. The van der Waals surface area contributed by atoms with Gasteiger partial charge in [-0.3, -0.25) is 9.80 Å². The molecule has 1 aromatic carbocycles. The summed E-state index contributed by atoms with van der Waals surface area (Å²) in [5.74, 6) is 1.71. The maximum absolute atomic E-state index is 10.1. The summed E-state index contributed by atoms with van der Waals surface area (Å²) in [7, 11) is 1.64. The molecule has 1 fully saturated rings. The van der Waals surface area contributed by atoms with E-state index in [0.717, 1.165) is 43.9 Å². The van der Waals surface area contributed by atoms with Crippen molar-refractivity contribution in [3.05, 3.63) is 23.8 Å². The molecule has 1 aliphatic heterocycles. The topological polar surface area (TPSA) is 56.2 Å². The number of phenolic OH excluding ortho intramolecular Hbond substituents is 1. The molecule has 1 saturated heterocycles. The van der Waals surface area contributed by atoms with Crippen LogP contribution < -0.4 is 4.74 Å². The first-order valence-corrected chi connectivity index (χ1v) is 8.46. The Morgan fingerprint density at radius 2 is 2.09 bits per heavy atom. The van der Waals surface area contributed by atoms with Crippen molar-refractivity contribution in [3.63, 3.8) is 0 Å². The Hall–Kier alpha value is -1.30. The molecule has 0 aromatic heterocycles. The number of ether oxygens (including phenoxy) is 1. The van der Waals surface area contributed by atoms with Crippen LogP contribution in [0.2, 0.25) is 0 Å². The zero-order valence-electron chi connectivity index (χ0n) is 14.5. The first-order chi connectivity index (χ1) is 11.0. The van der Waals surface area contributed by atoms with E-state index in [-0.39, 0.29) is 6.61 Å². The van der Waals surface area contributed by atoms with E-state index in [1.807, 2.05) is 6.07 Å². The average molecular weight is 322 g/mol. The number of nitrogens with zero attached hydrogens (tertiary/aromatic N) is 2. The Labute approximate surface area is 139 Å². The Morgan fingerprint density at radius 1 is 1.30 bits per heavy atom. The Bertz CT molecular complexity index is 493. The summed E-state index contributed by atoms with van der Waals surface area (Å²) in [6.45, 7) is 9.37. The van der Waals surface area contributed by atoms with Gasteiger partial charge in [0.25, 0.3) is 0 Å². The van der Waals surface area contributed by atoms with Crippen LogP contribution in [-0.2, 0) is 6.54 Å². The number of aliphatic hydroxyl groups excluding tert-OH is 1. The lowest BCUT2D eigenvalue weighted by Gasteiger charge is -2.42. The molecule has 0 radical (unpaired) electrons. The summed E-state index contributed by atoms with van der Waals surface area (Å²) in [4.78, 5) is 4.84. The minimum Gasteiger partial charge on any atom is -0.508 e. The highest BCUT2D eigenvalue weighted by atomic mass is 16.5. The van der Waals surface area contributed by atoms with Crippen LogP contribution in [0.15, 0.2) is 18.2 Å². The molecule has 0 bridgehead atoms. The van der Waals surface area contributed by atoms with Gasteiger partial charge in [-0.2, -0.15) is 0 Å². The maximum Gasteiger partial charge on any atom is 0.120 e. The predicted octanol–water partition coefficient (Wildman–Crippen LogP) is 1.93. The molecular weight excluding hydrogens is 292 g/mol. The highest BCUT2D eigenvalue weighted by Gasteiger charge is 2.27. The zero-order chi connectivity index (χ0) is 16.8. The molecule has 1 atom stereocenters. The van der Waals surface area contributed by atoms with Gasteiger partial charge in [0.15, 0.2) is 0 Å². The van der Waals surface area contributed by atoms with Crippen molar-refractivity contribution in [3.8, 4) is 11.5 Å². The van der Waals surface area contributed by atoms with Gasteiger partial charge >= 0.3 is 0 Å². The zero-order valence-corrected chi connectivity index (χ0v) is 14.5. The maximum atomic E-state index is 10.1. The molecule has 5 nitrogen and oxygen atoms in total. The van der Waals surface area contributed by atoms with E-state index in [2.05, 4.69) is 23.6 Å². The molecule has 2 rings (SSSR count). The van der Waals surface area contributed by atoms with E-state index in [1.54, 1.807) is 19.2 Å². The van der Waals surface area contributed by atoms with Crippen molar-refractivity contribution in [2.45, 2.75) is 32.9 Å². The standard InChI is InChI=1S/C18H30N2O3/c1-14(2)11-20-8-7-19(13-16(20)6-9-21)12-15-10-17(23-3)4-5-18(15)22/h4-5,10,14,16,21-22H,6-9,11-13H2,1-3H3. The molecular formula is C18H30N2O3. The highest BCUT2D eigenvalue weighted by molar-refractivity contribution is 5.39. The summed E-state index contributed by atoms with van der Waals surface area (Å²) in [6.07, 6.45) is 0.799. The van der Waals surface area contributed by atoms with Crippen molar-refractivity contribution < 1.29 is 14.9 Å². The van der Waals surface area contributed by atoms with Gasteiger partial charge < -0.3 is 14.9 Å². The van der Waals surface area contributed by atoms with Gasteiger partial charge in [0.2, 0.25) is 0 Å². The number of rotatable bonds is 7. The number of aliphatic hydroxyl groups is 1. The number of aromatic hydroxyl groups is 1. The van der Waals surface area contributed by atoms with Gasteiger partial charge in [-0.05, 0) is 30.5 Å². The van der Waals surface area contributed by atoms with Crippen molar-refractivity contribution >= 4 is 0 Å². The van der Waals surface area contributed by atoms with E-state index < -0.39 is 0 Å². The molecule has 0 amide bonds. The third-order valence-corrected chi connectivity index (χ3v) is 4.43. The molecule has 130 valence electrons. The Morgan fingerprint density at radius 3 is 2.74 bits per heavy atom. The Kier molecular flexibility index (Phi) is 6.69. The largest absolute Gasteiger partial charge is 0.508 e. The second-order valence-electron chi connectivity index (χ2n) is 6.78. The van der Waals surface area contributed by atoms with E-state index in [0.29, 0.717) is 24.3 Å². The van der Waals surface area contributed by atoms with E-state index in [9.17, 15) is 10.2 Å². The van der Waals surface area contributed by atoms with Crippen LogP contribution in [-0.4, -0.2) is 66.0 Å². The van der Waals surface area contributed by atoms with Crippen LogP contribution >= 0.6 is 0 Å². The summed E-state index contributed by atoms with van der Waals surface area (Å²) >= 11 is 0. The molecule has 0 aliphatic carbocycles. The summed E-state index contributed by atoms with van der Waals surface area (Å²) in [6, 6.07) is 5.74. The van der Waals surface area contributed by atoms with Crippen LogP contribution in [0.5, 0.6) is 11.5 Å². The van der Waals surface area contributed by atoms with Crippen LogP contribution in [0, 0.1) is 5.92 Å². The van der Waals surface area contributed by atoms with Crippen molar-refractivity contribution in [1.82, 2.24) is 9.80 Å². The molecule has 23 heavy (non-hydrogen) atoms. The van der Waals surface area contributed by atoms with E-state index in [1.165, 1.54) is 0 Å². The number of methoxy groups -OCH3 is 1.